The molecule has 0 aromatic carbocycles. The number of carbonyl (C=O) groups excluding carboxylic acids is 1. The minimum atomic E-state index is -0.198. The fourth-order valence-electron chi connectivity index (χ4n) is 4.51. The molecule has 0 aromatic rings. The molecule has 0 heterocycles. The van der Waals surface area contributed by atoms with Gasteiger partial charge in [0.1, 0.15) is 6.10 Å². The molecule has 5 atom stereocenters. The van der Waals surface area contributed by atoms with Crippen LogP contribution in [0, 0.1) is 23.7 Å². The highest BCUT2D eigenvalue weighted by atomic mass is 16.5. The van der Waals surface area contributed by atoms with Crippen LogP contribution >= 0.6 is 0 Å². The lowest BCUT2D eigenvalue weighted by molar-refractivity contribution is -0.147. The van der Waals surface area contributed by atoms with Crippen molar-refractivity contribution in [3.8, 4) is 0 Å². The molecule has 2 bridgehead atoms. The van der Waals surface area contributed by atoms with Gasteiger partial charge in [0.05, 0.1) is 0 Å². The van der Waals surface area contributed by atoms with E-state index in [0.717, 1.165) is 36.5 Å². The molecule has 5 unspecified atom stereocenters. The van der Waals surface area contributed by atoms with Crippen LogP contribution in [-0.2, 0) is 9.53 Å². The van der Waals surface area contributed by atoms with Crippen molar-refractivity contribution in [2.24, 2.45) is 23.7 Å². The first-order valence-electron chi connectivity index (χ1n) is 7.01. The number of esters is 1. The Hall–Kier alpha value is -0.790. The minimum Gasteiger partial charge on any atom is -0.459 e. The van der Waals surface area contributed by atoms with E-state index in [1.165, 1.54) is 25.7 Å². The third-order valence-corrected chi connectivity index (χ3v) is 5.25. The fourth-order valence-corrected chi connectivity index (χ4v) is 4.51. The highest BCUT2D eigenvalue weighted by Gasteiger charge is 2.49. The number of hydrogen-bond donors (Lipinski definition) is 0. The molecule has 3 fully saturated rings. The second kappa shape index (κ2) is 4.15. The summed E-state index contributed by atoms with van der Waals surface area (Å²) >= 11 is 0. The smallest absolute Gasteiger partial charge is 0.333 e. The summed E-state index contributed by atoms with van der Waals surface area (Å²) in [5.74, 6) is 3.55. The zero-order valence-electron chi connectivity index (χ0n) is 10.7. The Labute approximate surface area is 103 Å². The SMILES string of the molecule is C=C(C)C(=O)OC1CCC2C3CCC(C3)C2C1. The highest BCUT2D eigenvalue weighted by molar-refractivity contribution is 5.87. The summed E-state index contributed by atoms with van der Waals surface area (Å²) in [5.41, 5.74) is 0.528. The third-order valence-electron chi connectivity index (χ3n) is 5.25. The molecule has 0 saturated heterocycles. The lowest BCUT2D eigenvalue weighted by Crippen LogP contribution is -2.34. The van der Waals surface area contributed by atoms with Crippen LogP contribution in [0.4, 0.5) is 0 Å². The van der Waals surface area contributed by atoms with Crippen LogP contribution in [0.5, 0.6) is 0 Å². The zero-order chi connectivity index (χ0) is 12.0. The molecule has 0 N–H and O–H groups in total. The minimum absolute atomic E-state index is 0.166. The van der Waals surface area contributed by atoms with Gasteiger partial charge in [0.25, 0.3) is 0 Å². The van der Waals surface area contributed by atoms with Gasteiger partial charge >= 0.3 is 5.97 Å². The van der Waals surface area contributed by atoms with E-state index >= 15 is 0 Å². The molecular weight excluding hydrogens is 212 g/mol. The molecule has 3 rings (SSSR count). The average molecular weight is 234 g/mol. The van der Waals surface area contributed by atoms with Gasteiger partial charge in [-0.15, -0.1) is 0 Å². The Bertz CT molecular complexity index is 347. The van der Waals surface area contributed by atoms with Crippen LogP contribution in [0.25, 0.3) is 0 Å². The van der Waals surface area contributed by atoms with E-state index in [1.54, 1.807) is 6.92 Å². The topological polar surface area (TPSA) is 26.3 Å². The molecule has 17 heavy (non-hydrogen) atoms. The van der Waals surface area contributed by atoms with E-state index in [0.29, 0.717) is 5.57 Å². The van der Waals surface area contributed by atoms with Gasteiger partial charge < -0.3 is 4.74 Å². The molecule has 2 heteroatoms. The Kier molecular flexibility index (Phi) is 2.76. The number of carbonyl (C=O) groups is 1. The Morgan fingerprint density at radius 1 is 1.06 bits per heavy atom. The van der Waals surface area contributed by atoms with Crippen molar-refractivity contribution in [2.75, 3.05) is 0 Å². The van der Waals surface area contributed by atoms with Crippen LogP contribution in [0.2, 0.25) is 0 Å². The van der Waals surface area contributed by atoms with Crippen molar-refractivity contribution in [3.63, 3.8) is 0 Å². The molecule has 0 aromatic heterocycles. The van der Waals surface area contributed by atoms with Gasteiger partial charge in [-0.25, -0.2) is 4.79 Å². The second-order valence-corrected chi connectivity index (χ2v) is 6.28. The molecule has 3 aliphatic carbocycles. The molecule has 3 saturated carbocycles. The monoisotopic (exact) mass is 234 g/mol. The summed E-state index contributed by atoms with van der Waals surface area (Å²) < 4.78 is 5.53. The van der Waals surface area contributed by atoms with E-state index < -0.39 is 0 Å². The van der Waals surface area contributed by atoms with E-state index in [9.17, 15) is 4.79 Å². The van der Waals surface area contributed by atoms with Crippen molar-refractivity contribution in [2.45, 2.75) is 51.6 Å². The second-order valence-electron chi connectivity index (χ2n) is 6.28. The summed E-state index contributed by atoms with van der Waals surface area (Å²) in [6.07, 6.45) is 7.97. The molecular formula is C15H22O2. The number of fused-ring (bicyclic) bond motifs is 5. The Morgan fingerprint density at radius 2 is 1.76 bits per heavy atom. The van der Waals surface area contributed by atoms with Gasteiger partial charge in [0.2, 0.25) is 0 Å². The van der Waals surface area contributed by atoms with Crippen molar-refractivity contribution in [3.05, 3.63) is 12.2 Å². The average Bonchev–Trinajstić information content (AvgIpc) is 2.89. The maximum atomic E-state index is 11.5. The number of hydrogen-bond acceptors (Lipinski definition) is 2. The number of ether oxygens (including phenoxy) is 1. The van der Waals surface area contributed by atoms with Crippen LogP contribution in [0.3, 0.4) is 0 Å². The molecule has 0 spiro atoms. The molecule has 3 aliphatic rings. The first-order chi connectivity index (χ1) is 8.15. The molecule has 0 radical (unpaired) electrons. The molecule has 94 valence electrons. The number of rotatable bonds is 2. The standard InChI is InChI=1S/C15H22O2/c1-9(2)15(16)17-12-5-6-13-10-3-4-11(7-10)14(13)8-12/h10-14H,1,3-8H2,2H3. The first kappa shape index (κ1) is 11.3. The van der Waals surface area contributed by atoms with Crippen LogP contribution in [0.15, 0.2) is 12.2 Å². The van der Waals surface area contributed by atoms with Gasteiger partial charge in [0.15, 0.2) is 0 Å². The molecule has 0 amide bonds. The Balaban J connectivity index is 1.61. The maximum Gasteiger partial charge on any atom is 0.333 e. The van der Waals surface area contributed by atoms with Crippen LogP contribution in [0.1, 0.15) is 45.4 Å². The summed E-state index contributed by atoms with van der Waals surface area (Å²) in [4.78, 5) is 11.5. The summed E-state index contributed by atoms with van der Waals surface area (Å²) in [6, 6.07) is 0. The Morgan fingerprint density at radius 3 is 2.47 bits per heavy atom. The van der Waals surface area contributed by atoms with E-state index in [2.05, 4.69) is 6.58 Å². The van der Waals surface area contributed by atoms with E-state index in [-0.39, 0.29) is 12.1 Å². The molecule has 0 aliphatic heterocycles. The van der Waals surface area contributed by atoms with Crippen molar-refractivity contribution in [1.29, 1.82) is 0 Å². The predicted molar refractivity (Wildman–Crippen MR) is 66.4 cm³/mol. The van der Waals surface area contributed by atoms with Gasteiger partial charge in [-0.2, -0.15) is 0 Å². The first-order valence-corrected chi connectivity index (χ1v) is 7.01. The highest BCUT2D eigenvalue weighted by Crippen LogP contribution is 2.57. The van der Waals surface area contributed by atoms with Gasteiger partial charge in [-0.3, -0.25) is 0 Å². The van der Waals surface area contributed by atoms with E-state index in [4.69, 9.17) is 4.74 Å². The maximum absolute atomic E-state index is 11.5. The summed E-state index contributed by atoms with van der Waals surface area (Å²) in [5, 5.41) is 0. The zero-order valence-corrected chi connectivity index (χ0v) is 10.7. The van der Waals surface area contributed by atoms with Gasteiger partial charge in [-0.1, -0.05) is 6.58 Å². The molecule has 2 nitrogen and oxygen atoms in total. The lowest BCUT2D eigenvalue weighted by Gasteiger charge is -2.38. The summed E-state index contributed by atoms with van der Waals surface area (Å²) in [6.45, 7) is 5.38. The van der Waals surface area contributed by atoms with Gasteiger partial charge in [0, 0.05) is 5.57 Å². The van der Waals surface area contributed by atoms with Crippen molar-refractivity contribution in [1.82, 2.24) is 0 Å². The normalized spacial score (nSPS) is 43.2. The largest absolute Gasteiger partial charge is 0.459 e. The van der Waals surface area contributed by atoms with Crippen molar-refractivity contribution >= 4 is 5.97 Å². The third kappa shape index (κ3) is 1.92. The quantitative estimate of drug-likeness (QED) is 0.541. The van der Waals surface area contributed by atoms with Crippen LogP contribution < -0.4 is 0 Å². The predicted octanol–water partition coefficient (Wildman–Crippen LogP) is 3.32. The van der Waals surface area contributed by atoms with Crippen molar-refractivity contribution < 1.29 is 9.53 Å². The van der Waals surface area contributed by atoms with Gasteiger partial charge in [-0.05, 0) is 69.1 Å². The van der Waals surface area contributed by atoms with E-state index in [1.807, 2.05) is 0 Å². The fraction of sp³-hybridized carbons (Fsp3) is 0.800. The lowest BCUT2D eigenvalue weighted by atomic mass is 9.70. The summed E-state index contributed by atoms with van der Waals surface area (Å²) in [7, 11) is 0. The van der Waals surface area contributed by atoms with Crippen LogP contribution in [-0.4, -0.2) is 12.1 Å².